The lowest BCUT2D eigenvalue weighted by atomic mass is 9.97. The van der Waals surface area contributed by atoms with E-state index in [1.165, 1.54) is 6.07 Å². The molecule has 4 N–H and O–H groups in total. The van der Waals surface area contributed by atoms with Crippen molar-refractivity contribution in [3.63, 3.8) is 0 Å². The summed E-state index contributed by atoms with van der Waals surface area (Å²) in [6.07, 6.45) is 2.24. The fourth-order valence-corrected chi connectivity index (χ4v) is 2.31. The Morgan fingerprint density at radius 2 is 1.60 bits per heavy atom. The van der Waals surface area contributed by atoms with E-state index < -0.39 is 5.75 Å². The van der Waals surface area contributed by atoms with Crippen LogP contribution < -0.4 is 5.32 Å². The van der Waals surface area contributed by atoms with Crippen LogP contribution in [0.3, 0.4) is 0 Å². The van der Waals surface area contributed by atoms with Crippen molar-refractivity contribution < 1.29 is 15.3 Å². The molecule has 0 aliphatic heterocycles. The van der Waals surface area contributed by atoms with Crippen LogP contribution in [0, 0.1) is 0 Å². The lowest BCUT2D eigenvalue weighted by Crippen LogP contribution is -2.24. The van der Waals surface area contributed by atoms with Crippen LogP contribution >= 0.6 is 0 Å². The Hall–Kier alpha value is -2.20. The Morgan fingerprint density at radius 3 is 2.25 bits per heavy atom. The second-order valence-corrected chi connectivity index (χ2v) is 5.16. The second-order valence-electron chi connectivity index (χ2n) is 5.16. The van der Waals surface area contributed by atoms with Crippen molar-refractivity contribution in [2.75, 3.05) is 0 Å². The standard InChI is InChI=1S/C16H17NO3/c18-13-9-8-12(15(19)16(13)20)14(17-11-6-7-11)10-4-2-1-3-5-10/h1-5,8-9,11,14,17-20H,6-7H2. The number of phenolic OH excluding ortho intramolecular Hbond substituents is 3. The van der Waals surface area contributed by atoms with Crippen molar-refractivity contribution >= 4 is 0 Å². The van der Waals surface area contributed by atoms with Gasteiger partial charge in [0.15, 0.2) is 11.5 Å². The molecule has 0 heterocycles. The largest absolute Gasteiger partial charge is 0.504 e. The summed E-state index contributed by atoms with van der Waals surface area (Å²) in [5.41, 5.74) is 1.58. The average molecular weight is 271 g/mol. The molecule has 4 heteroatoms. The van der Waals surface area contributed by atoms with E-state index in [-0.39, 0.29) is 17.5 Å². The van der Waals surface area contributed by atoms with Crippen LogP contribution in [0.4, 0.5) is 0 Å². The molecule has 1 saturated carbocycles. The number of nitrogens with one attached hydrogen (secondary N) is 1. The predicted molar refractivity (Wildman–Crippen MR) is 75.9 cm³/mol. The molecule has 0 aromatic heterocycles. The van der Waals surface area contributed by atoms with Crippen molar-refractivity contribution in [1.82, 2.24) is 5.32 Å². The molecule has 1 fully saturated rings. The van der Waals surface area contributed by atoms with E-state index in [0.29, 0.717) is 11.6 Å². The van der Waals surface area contributed by atoms with Gasteiger partial charge in [-0.1, -0.05) is 30.3 Å². The molecule has 2 aromatic carbocycles. The molecule has 2 aromatic rings. The van der Waals surface area contributed by atoms with Crippen LogP contribution in [0.1, 0.15) is 30.0 Å². The van der Waals surface area contributed by atoms with Crippen molar-refractivity contribution in [1.29, 1.82) is 0 Å². The van der Waals surface area contributed by atoms with Crippen molar-refractivity contribution in [3.8, 4) is 17.2 Å². The van der Waals surface area contributed by atoms with Gasteiger partial charge in [-0.05, 0) is 30.5 Å². The summed E-state index contributed by atoms with van der Waals surface area (Å²) in [6, 6.07) is 13.0. The number of rotatable bonds is 4. The zero-order chi connectivity index (χ0) is 14.1. The minimum Gasteiger partial charge on any atom is -0.504 e. The minimum atomic E-state index is -0.471. The number of aromatic hydroxyl groups is 3. The third-order valence-electron chi connectivity index (χ3n) is 3.58. The summed E-state index contributed by atoms with van der Waals surface area (Å²) >= 11 is 0. The molecule has 3 rings (SSSR count). The molecule has 1 atom stereocenters. The van der Waals surface area contributed by atoms with Crippen molar-refractivity contribution in [2.24, 2.45) is 0 Å². The van der Waals surface area contributed by atoms with Gasteiger partial charge in [-0.2, -0.15) is 0 Å². The van der Waals surface area contributed by atoms with Crippen molar-refractivity contribution in [2.45, 2.75) is 24.9 Å². The maximum Gasteiger partial charge on any atom is 0.200 e. The minimum absolute atomic E-state index is 0.199. The summed E-state index contributed by atoms with van der Waals surface area (Å²) in [5.74, 6) is -1.06. The first kappa shape index (κ1) is 12.8. The highest BCUT2D eigenvalue weighted by atomic mass is 16.3. The van der Waals surface area contributed by atoms with E-state index in [2.05, 4.69) is 5.32 Å². The van der Waals surface area contributed by atoms with Gasteiger partial charge in [0.05, 0.1) is 6.04 Å². The topological polar surface area (TPSA) is 72.7 Å². The Balaban J connectivity index is 2.03. The molecular weight excluding hydrogens is 254 g/mol. The van der Waals surface area contributed by atoms with Gasteiger partial charge in [-0.25, -0.2) is 0 Å². The number of phenols is 3. The van der Waals surface area contributed by atoms with Crippen LogP contribution in [0.15, 0.2) is 42.5 Å². The summed E-state index contributed by atoms with van der Waals surface area (Å²) in [7, 11) is 0. The molecule has 0 amide bonds. The van der Waals surface area contributed by atoms with Gasteiger partial charge in [0.25, 0.3) is 0 Å². The van der Waals surface area contributed by atoms with E-state index in [1.54, 1.807) is 6.07 Å². The summed E-state index contributed by atoms with van der Waals surface area (Å²) in [4.78, 5) is 0. The molecule has 1 unspecified atom stereocenters. The van der Waals surface area contributed by atoms with Gasteiger partial charge in [-0.3, -0.25) is 0 Å². The third kappa shape index (κ3) is 2.42. The van der Waals surface area contributed by atoms with E-state index in [1.807, 2.05) is 30.3 Å². The van der Waals surface area contributed by atoms with Crippen LogP contribution in [0.5, 0.6) is 17.2 Å². The number of hydrogen-bond acceptors (Lipinski definition) is 4. The highest BCUT2D eigenvalue weighted by molar-refractivity contribution is 5.55. The van der Waals surface area contributed by atoms with Gasteiger partial charge in [-0.15, -0.1) is 0 Å². The molecule has 0 spiro atoms. The molecule has 0 radical (unpaired) electrons. The van der Waals surface area contributed by atoms with E-state index in [0.717, 1.165) is 18.4 Å². The number of hydrogen-bond donors (Lipinski definition) is 4. The molecule has 20 heavy (non-hydrogen) atoms. The van der Waals surface area contributed by atoms with Crippen LogP contribution in [0.25, 0.3) is 0 Å². The van der Waals surface area contributed by atoms with E-state index in [4.69, 9.17) is 0 Å². The molecular formula is C16H17NO3. The quantitative estimate of drug-likeness (QED) is 0.645. The first-order chi connectivity index (χ1) is 9.66. The van der Waals surface area contributed by atoms with Gasteiger partial charge >= 0.3 is 0 Å². The summed E-state index contributed by atoms with van der Waals surface area (Å²) in [5, 5.41) is 32.7. The Bertz CT molecular complexity index is 609. The normalized spacial score (nSPS) is 16.0. The molecule has 4 nitrogen and oxygen atoms in total. The van der Waals surface area contributed by atoms with E-state index in [9.17, 15) is 15.3 Å². The summed E-state index contributed by atoms with van der Waals surface area (Å²) in [6.45, 7) is 0. The fraction of sp³-hybridized carbons (Fsp3) is 0.250. The monoisotopic (exact) mass is 271 g/mol. The van der Waals surface area contributed by atoms with Gasteiger partial charge in [0, 0.05) is 11.6 Å². The Kier molecular flexibility index (Phi) is 3.24. The zero-order valence-electron chi connectivity index (χ0n) is 11.0. The number of benzene rings is 2. The average Bonchev–Trinajstić information content (AvgIpc) is 3.28. The predicted octanol–water partition coefficient (Wildman–Crippen LogP) is 2.64. The third-order valence-corrected chi connectivity index (χ3v) is 3.58. The molecule has 1 aliphatic carbocycles. The van der Waals surface area contributed by atoms with Gasteiger partial charge in [0.2, 0.25) is 5.75 Å². The SMILES string of the molecule is Oc1ccc(C(NC2CC2)c2ccccc2)c(O)c1O. The van der Waals surface area contributed by atoms with Crippen LogP contribution in [0.2, 0.25) is 0 Å². The van der Waals surface area contributed by atoms with Gasteiger partial charge in [0.1, 0.15) is 0 Å². The first-order valence-corrected chi connectivity index (χ1v) is 6.71. The molecule has 1 aliphatic rings. The highest BCUT2D eigenvalue weighted by Crippen LogP contribution is 2.42. The van der Waals surface area contributed by atoms with Crippen LogP contribution in [-0.2, 0) is 0 Å². The highest BCUT2D eigenvalue weighted by Gasteiger charge is 2.28. The smallest absolute Gasteiger partial charge is 0.200 e. The molecule has 104 valence electrons. The Morgan fingerprint density at radius 1 is 0.900 bits per heavy atom. The maximum atomic E-state index is 10.1. The fourth-order valence-electron chi connectivity index (χ4n) is 2.31. The molecule has 0 bridgehead atoms. The zero-order valence-corrected chi connectivity index (χ0v) is 11.0. The van der Waals surface area contributed by atoms with Crippen LogP contribution in [-0.4, -0.2) is 21.4 Å². The lowest BCUT2D eigenvalue weighted by molar-refractivity contribution is 0.362. The molecule has 0 saturated heterocycles. The maximum absolute atomic E-state index is 10.1. The first-order valence-electron chi connectivity index (χ1n) is 6.71. The second kappa shape index (κ2) is 5.06. The Labute approximate surface area is 117 Å². The lowest BCUT2D eigenvalue weighted by Gasteiger charge is -2.21. The van der Waals surface area contributed by atoms with Crippen molar-refractivity contribution in [3.05, 3.63) is 53.6 Å². The van der Waals surface area contributed by atoms with E-state index >= 15 is 0 Å². The summed E-state index contributed by atoms with van der Waals surface area (Å²) < 4.78 is 0. The van der Waals surface area contributed by atoms with Gasteiger partial charge < -0.3 is 20.6 Å².